The van der Waals surface area contributed by atoms with Crippen molar-refractivity contribution in [2.45, 2.75) is 39.3 Å². The average molecular weight is 305 g/mol. The molecule has 0 radical (unpaired) electrons. The number of rotatable bonds is 7. The summed E-state index contributed by atoms with van der Waals surface area (Å²) in [4.78, 5) is 18.3. The summed E-state index contributed by atoms with van der Waals surface area (Å²) in [5.41, 5.74) is 3.08. The standard InChI is InChI=1S/C16H23N3O3/c1-3-15-18-12(2)10-16(20)19(15)8-9-22-14-6-4-13(5-7-14)11-17-21/h4-7,12,17,21H,3,8-11H2,1-2H3. The Morgan fingerprint density at radius 2 is 2.14 bits per heavy atom. The molecule has 2 N–H and O–H groups in total. The van der Waals surface area contributed by atoms with E-state index in [-0.39, 0.29) is 11.9 Å². The molecule has 0 aromatic heterocycles. The fourth-order valence-electron chi connectivity index (χ4n) is 2.46. The molecule has 0 saturated carbocycles. The SMILES string of the molecule is CCC1=NC(C)CC(=O)N1CCOc1ccc(CNO)cc1. The number of carbonyl (C=O) groups excluding carboxylic acids is 1. The lowest BCUT2D eigenvalue weighted by Crippen LogP contribution is -2.44. The second-order valence-corrected chi connectivity index (χ2v) is 5.32. The van der Waals surface area contributed by atoms with E-state index in [1.165, 1.54) is 0 Å². The first-order valence-corrected chi connectivity index (χ1v) is 7.59. The maximum atomic E-state index is 12.1. The molecule has 1 aromatic carbocycles. The molecule has 1 amide bonds. The summed E-state index contributed by atoms with van der Waals surface area (Å²) in [7, 11) is 0. The van der Waals surface area contributed by atoms with Crippen molar-refractivity contribution in [2.75, 3.05) is 13.2 Å². The maximum Gasteiger partial charge on any atom is 0.230 e. The van der Waals surface area contributed by atoms with Crippen LogP contribution < -0.4 is 10.2 Å². The molecular weight excluding hydrogens is 282 g/mol. The van der Waals surface area contributed by atoms with Crippen molar-refractivity contribution in [1.29, 1.82) is 0 Å². The number of ether oxygens (including phenoxy) is 1. The van der Waals surface area contributed by atoms with Crippen LogP contribution in [0.5, 0.6) is 5.75 Å². The van der Waals surface area contributed by atoms with Gasteiger partial charge in [-0.3, -0.25) is 14.7 Å². The summed E-state index contributed by atoms with van der Waals surface area (Å²) in [5.74, 6) is 1.71. The van der Waals surface area contributed by atoms with E-state index in [0.29, 0.717) is 26.1 Å². The van der Waals surface area contributed by atoms with Gasteiger partial charge in [-0.2, -0.15) is 0 Å². The summed E-state index contributed by atoms with van der Waals surface area (Å²) in [5, 5.41) is 8.64. The average Bonchev–Trinajstić information content (AvgIpc) is 2.51. The predicted octanol–water partition coefficient (Wildman–Crippen LogP) is 1.97. The van der Waals surface area contributed by atoms with Gasteiger partial charge in [0.15, 0.2) is 0 Å². The molecule has 6 heteroatoms. The lowest BCUT2D eigenvalue weighted by molar-refractivity contribution is -0.128. The van der Waals surface area contributed by atoms with Gasteiger partial charge in [0.25, 0.3) is 0 Å². The zero-order valence-corrected chi connectivity index (χ0v) is 13.1. The number of nitrogens with one attached hydrogen (secondary N) is 1. The Morgan fingerprint density at radius 3 is 2.77 bits per heavy atom. The molecule has 1 atom stereocenters. The van der Waals surface area contributed by atoms with Gasteiger partial charge in [0, 0.05) is 19.4 Å². The van der Waals surface area contributed by atoms with E-state index in [2.05, 4.69) is 10.5 Å². The highest BCUT2D eigenvalue weighted by atomic mass is 16.5. The van der Waals surface area contributed by atoms with Crippen LogP contribution in [0.1, 0.15) is 32.3 Å². The molecule has 120 valence electrons. The first-order chi connectivity index (χ1) is 10.6. The number of amidine groups is 1. The summed E-state index contributed by atoms with van der Waals surface area (Å²) in [6, 6.07) is 7.53. The summed E-state index contributed by atoms with van der Waals surface area (Å²) < 4.78 is 5.68. The third kappa shape index (κ3) is 4.29. The van der Waals surface area contributed by atoms with Gasteiger partial charge in [0.1, 0.15) is 18.2 Å². The van der Waals surface area contributed by atoms with Gasteiger partial charge in [-0.1, -0.05) is 19.1 Å². The summed E-state index contributed by atoms with van der Waals surface area (Å²) >= 11 is 0. The molecule has 1 aliphatic rings. The third-order valence-electron chi connectivity index (χ3n) is 3.56. The van der Waals surface area contributed by atoms with Crippen molar-refractivity contribution in [2.24, 2.45) is 4.99 Å². The normalized spacial score (nSPS) is 18.3. The van der Waals surface area contributed by atoms with Crippen molar-refractivity contribution < 1.29 is 14.7 Å². The van der Waals surface area contributed by atoms with Crippen molar-refractivity contribution in [3.05, 3.63) is 29.8 Å². The van der Waals surface area contributed by atoms with E-state index in [1.54, 1.807) is 4.90 Å². The van der Waals surface area contributed by atoms with Crippen LogP contribution in [0.2, 0.25) is 0 Å². The Kier molecular flexibility index (Phi) is 5.91. The van der Waals surface area contributed by atoms with Gasteiger partial charge in [0.2, 0.25) is 5.91 Å². The molecule has 1 aromatic rings. The summed E-state index contributed by atoms with van der Waals surface area (Å²) in [6.07, 6.45) is 1.21. The van der Waals surface area contributed by atoms with E-state index in [0.717, 1.165) is 23.6 Å². The lowest BCUT2D eigenvalue weighted by Gasteiger charge is -2.29. The van der Waals surface area contributed by atoms with Crippen molar-refractivity contribution in [3.8, 4) is 5.75 Å². The maximum absolute atomic E-state index is 12.1. The van der Waals surface area contributed by atoms with Gasteiger partial charge >= 0.3 is 0 Å². The van der Waals surface area contributed by atoms with Gasteiger partial charge < -0.3 is 9.94 Å². The van der Waals surface area contributed by atoms with Crippen LogP contribution in [-0.4, -0.2) is 41.0 Å². The van der Waals surface area contributed by atoms with Crippen LogP contribution in [0.25, 0.3) is 0 Å². The first-order valence-electron chi connectivity index (χ1n) is 7.59. The fourth-order valence-corrected chi connectivity index (χ4v) is 2.46. The molecule has 1 heterocycles. The lowest BCUT2D eigenvalue weighted by atomic mass is 10.1. The van der Waals surface area contributed by atoms with Crippen LogP contribution in [0.3, 0.4) is 0 Å². The second-order valence-electron chi connectivity index (χ2n) is 5.32. The monoisotopic (exact) mass is 305 g/mol. The van der Waals surface area contributed by atoms with Crippen LogP contribution in [0.15, 0.2) is 29.3 Å². The number of amides is 1. The molecule has 0 saturated heterocycles. The van der Waals surface area contributed by atoms with E-state index in [1.807, 2.05) is 38.1 Å². The quantitative estimate of drug-likeness (QED) is 0.755. The molecule has 0 aliphatic carbocycles. The Hall–Kier alpha value is -1.92. The minimum atomic E-state index is 0.0762. The van der Waals surface area contributed by atoms with Crippen molar-refractivity contribution >= 4 is 11.7 Å². The Bertz CT molecular complexity index is 528. The number of benzene rings is 1. The smallest absolute Gasteiger partial charge is 0.230 e. The second kappa shape index (κ2) is 7.91. The predicted molar refractivity (Wildman–Crippen MR) is 84.1 cm³/mol. The van der Waals surface area contributed by atoms with E-state index in [9.17, 15) is 4.79 Å². The molecule has 0 spiro atoms. The molecule has 2 rings (SSSR count). The van der Waals surface area contributed by atoms with Gasteiger partial charge in [-0.05, 0) is 24.6 Å². The Balaban J connectivity index is 1.87. The van der Waals surface area contributed by atoms with Crippen LogP contribution in [0.4, 0.5) is 0 Å². The van der Waals surface area contributed by atoms with Gasteiger partial charge in [-0.25, -0.2) is 5.48 Å². The van der Waals surface area contributed by atoms with E-state index < -0.39 is 0 Å². The largest absolute Gasteiger partial charge is 0.492 e. The molecule has 0 fully saturated rings. The van der Waals surface area contributed by atoms with E-state index >= 15 is 0 Å². The number of carbonyl (C=O) groups is 1. The van der Waals surface area contributed by atoms with Crippen LogP contribution >= 0.6 is 0 Å². The third-order valence-corrected chi connectivity index (χ3v) is 3.56. The molecule has 6 nitrogen and oxygen atoms in total. The number of nitrogens with zero attached hydrogens (tertiary/aromatic N) is 2. The highest BCUT2D eigenvalue weighted by Crippen LogP contribution is 2.15. The Labute approximate surface area is 130 Å². The fraction of sp³-hybridized carbons (Fsp3) is 0.500. The van der Waals surface area contributed by atoms with Crippen molar-refractivity contribution in [1.82, 2.24) is 10.4 Å². The Morgan fingerprint density at radius 1 is 1.41 bits per heavy atom. The number of hydrogen-bond donors (Lipinski definition) is 2. The number of hydroxylamine groups is 1. The number of hydrogen-bond acceptors (Lipinski definition) is 5. The van der Waals surface area contributed by atoms with Crippen LogP contribution in [0, 0.1) is 0 Å². The minimum Gasteiger partial charge on any atom is -0.492 e. The molecule has 0 bridgehead atoms. The number of aliphatic imine (C=N–C) groups is 1. The zero-order valence-electron chi connectivity index (χ0n) is 13.1. The van der Waals surface area contributed by atoms with E-state index in [4.69, 9.17) is 9.94 Å². The molecule has 1 aliphatic heterocycles. The zero-order chi connectivity index (χ0) is 15.9. The highest BCUT2D eigenvalue weighted by molar-refractivity contribution is 6.00. The molecule has 1 unspecified atom stereocenters. The highest BCUT2D eigenvalue weighted by Gasteiger charge is 2.25. The van der Waals surface area contributed by atoms with Crippen LogP contribution in [-0.2, 0) is 11.3 Å². The van der Waals surface area contributed by atoms with Gasteiger partial charge in [-0.15, -0.1) is 0 Å². The summed E-state index contributed by atoms with van der Waals surface area (Å²) in [6.45, 7) is 5.31. The molecule has 22 heavy (non-hydrogen) atoms. The first kappa shape index (κ1) is 16.5. The van der Waals surface area contributed by atoms with Gasteiger partial charge in [0.05, 0.1) is 12.6 Å². The topological polar surface area (TPSA) is 74.2 Å². The minimum absolute atomic E-state index is 0.0762. The molecular formula is C16H23N3O3. The van der Waals surface area contributed by atoms with Crippen molar-refractivity contribution in [3.63, 3.8) is 0 Å².